The van der Waals surface area contributed by atoms with E-state index in [0.29, 0.717) is 6.42 Å². The van der Waals surface area contributed by atoms with Crippen LogP contribution >= 0.6 is 0 Å². The summed E-state index contributed by atoms with van der Waals surface area (Å²) >= 11 is 0. The smallest absolute Gasteiger partial charge is 0.249 e. The Balaban J connectivity index is 1.83. The van der Waals surface area contributed by atoms with Crippen LogP contribution in [0.5, 0.6) is 0 Å². The van der Waals surface area contributed by atoms with Crippen LogP contribution in [-0.2, 0) is 11.2 Å². The van der Waals surface area contributed by atoms with Gasteiger partial charge < -0.3 is 5.32 Å². The number of benzene rings is 2. The Morgan fingerprint density at radius 3 is 2.57 bits per heavy atom. The van der Waals surface area contributed by atoms with Gasteiger partial charge in [0.2, 0.25) is 5.91 Å². The van der Waals surface area contributed by atoms with E-state index in [2.05, 4.69) is 22.6 Å². The molecule has 3 rings (SSSR count). The van der Waals surface area contributed by atoms with Crippen molar-refractivity contribution in [1.29, 1.82) is 0 Å². The van der Waals surface area contributed by atoms with Crippen molar-refractivity contribution in [3.8, 4) is 0 Å². The number of fused-ring (bicyclic) bond motifs is 1. The zero-order chi connectivity index (χ0) is 16.2. The van der Waals surface area contributed by atoms with Crippen LogP contribution in [0.3, 0.4) is 0 Å². The number of anilines is 1. The zero-order valence-electron chi connectivity index (χ0n) is 13.4. The third kappa shape index (κ3) is 3.08. The highest BCUT2D eigenvalue weighted by Crippen LogP contribution is 2.20. The minimum absolute atomic E-state index is 0.0765. The van der Waals surface area contributed by atoms with E-state index < -0.39 is 0 Å². The second-order valence-corrected chi connectivity index (χ2v) is 5.49. The molecule has 3 aromatic rings. The Bertz CT molecular complexity index is 807. The van der Waals surface area contributed by atoms with Crippen molar-refractivity contribution in [2.24, 2.45) is 0 Å². The van der Waals surface area contributed by atoms with Gasteiger partial charge in [0.25, 0.3) is 0 Å². The van der Waals surface area contributed by atoms with E-state index in [-0.39, 0.29) is 11.9 Å². The van der Waals surface area contributed by atoms with Crippen LogP contribution in [0, 0.1) is 0 Å². The van der Waals surface area contributed by atoms with Crippen LogP contribution in [0.4, 0.5) is 5.69 Å². The summed E-state index contributed by atoms with van der Waals surface area (Å²) in [4.78, 5) is 12.6. The third-order valence-corrected chi connectivity index (χ3v) is 3.99. The fourth-order valence-corrected chi connectivity index (χ4v) is 2.64. The molecule has 0 fully saturated rings. The van der Waals surface area contributed by atoms with Crippen LogP contribution in [0.25, 0.3) is 11.0 Å². The standard InChI is InChI=1S/C18H20N4O/c1-3-13-9-11-14(12-10-13)19-18(23)16(4-2)22-17-8-6-5-7-15(17)20-21-22/h5-12,16H,3-4H2,1-2H3,(H,19,23). The second-order valence-electron chi connectivity index (χ2n) is 5.49. The first kappa shape index (κ1) is 15.2. The van der Waals surface area contributed by atoms with Crippen LogP contribution < -0.4 is 5.32 Å². The van der Waals surface area contributed by atoms with Crippen molar-refractivity contribution in [1.82, 2.24) is 15.0 Å². The Morgan fingerprint density at radius 1 is 1.13 bits per heavy atom. The molecule has 0 spiro atoms. The predicted octanol–water partition coefficient (Wildman–Crippen LogP) is 3.58. The number of para-hydroxylation sites is 1. The molecule has 1 heterocycles. The zero-order valence-corrected chi connectivity index (χ0v) is 13.4. The van der Waals surface area contributed by atoms with Gasteiger partial charge in [-0.2, -0.15) is 0 Å². The number of hydrogen-bond donors (Lipinski definition) is 1. The van der Waals surface area contributed by atoms with Gasteiger partial charge >= 0.3 is 0 Å². The van der Waals surface area contributed by atoms with Gasteiger partial charge in [0.05, 0.1) is 5.52 Å². The molecule has 118 valence electrons. The number of nitrogens with one attached hydrogen (secondary N) is 1. The minimum Gasteiger partial charge on any atom is -0.324 e. The first-order valence-electron chi connectivity index (χ1n) is 7.92. The maximum absolute atomic E-state index is 12.6. The van der Waals surface area contributed by atoms with Crippen LogP contribution in [-0.4, -0.2) is 20.9 Å². The molecule has 0 saturated carbocycles. The predicted molar refractivity (Wildman–Crippen MR) is 91.3 cm³/mol. The van der Waals surface area contributed by atoms with Gasteiger partial charge in [0.15, 0.2) is 0 Å². The first-order chi connectivity index (χ1) is 11.2. The van der Waals surface area contributed by atoms with Gasteiger partial charge in [-0.3, -0.25) is 4.79 Å². The highest BCUT2D eigenvalue weighted by atomic mass is 16.2. The van der Waals surface area contributed by atoms with Crippen molar-refractivity contribution in [2.45, 2.75) is 32.7 Å². The fraction of sp³-hybridized carbons (Fsp3) is 0.278. The number of aryl methyl sites for hydroxylation is 1. The van der Waals surface area contributed by atoms with E-state index >= 15 is 0 Å². The topological polar surface area (TPSA) is 59.8 Å². The van der Waals surface area contributed by atoms with Gasteiger partial charge in [0.1, 0.15) is 11.6 Å². The molecule has 2 aromatic carbocycles. The summed E-state index contributed by atoms with van der Waals surface area (Å²) in [6.45, 7) is 4.08. The number of amides is 1. The molecule has 0 aliphatic carbocycles. The molecule has 0 bridgehead atoms. The summed E-state index contributed by atoms with van der Waals surface area (Å²) in [7, 11) is 0. The summed E-state index contributed by atoms with van der Waals surface area (Å²) in [5, 5.41) is 11.3. The quantitative estimate of drug-likeness (QED) is 0.783. The molecule has 23 heavy (non-hydrogen) atoms. The van der Waals surface area contributed by atoms with Crippen molar-refractivity contribution in [3.63, 3.8) is 0 Å². The van der Waals surface area contributed by atoms with Gasteiger partial charge in [-0.1, -0.05) is 43.3 Å². The molecule has 1 unspecified atom stereocenters. The van der Waals surface area contributed by atoms with Crippen molar-refractivity contribution >= 4 is 22.6 Å². The molecule has 5 nitrogen and oxygen atoms in total. The van der Waals surface area contributed by atoms with Crippen molar-refractivity contribution in [3.05, 3.63) is 54.1 Å². The molecule has 1 aromatic heterocycles. The molecular formula is C18H20N4O. The monoisotopic (exact) mass is 308 g/mol. The fourth-order valence-electron chi connectivity index (χ4n) is 2.64. The summed E-state index contributed by atoms with van der Waals surface area (Å²) in [6, 6.07) is 15.2. The lowest BCUT2D eigenvalue weighted by molar-refractivity contribution is -0.119. The van der Waals surface area contributed by atoms with Gasteiger partial charge in [-0.05, 0) is 42.7 Å². The highest BCUT2D eigenvalue weighted by Gasteiger charge is 2.21. The maximum Gasteiger partial charge on any atom is 0.249 e. The summed E-state index contributed by atoms with van der Waals surface area (Å²) in [5.74, 6) is -0.0765. The lowest BCUT2D eigenvalue weighted by atomic mass is 10.1. The van der Waals surface area contributed by atoms with Gasteiger partial charge in [0, 0.05) is 5.69 Å². The first-order valence-corrected chi connectivity index (χ1v) is 7.92. The van der Waals surface area contributed by atoms with E-state index in [9.17, 15) is 4.79 Å². The molecule has 5 heteroatoms. The van der Waals surface area contributed by atoms with E-state index in [0.717, 1.165) is 23.1 Å². The molecule has 0 radical (unpaired) electrons. The second kappa shape index (κ2) is 6.60. The molecular weight excluding hydrogens is 288 g/mol. The minimum atomic E-state index is -0.381. The van der Waals surface area contributed by atoms with E-state index in [1.165, 1.54) is 5.56 Å². The van der Waals surface area contributed by atoms with Gasteiger partial charge in [-0.25, -0.2) is 4.68 Å². The number of carbonyl (C=O) groups is 1. The largest absolute Gasteiger partial charge is 0.324 e. The Hall–Kier alpha value is -2.69. The van der Waals surface area contributed by atoms with Crippen molar-refractivity contribution in [2.75, 3.05) is 5.32 Å². The molecule has 0 aliphatic heterocycles. The lowest BCUT2D eigenvalue weighted by Gasteiger charge is -2.16. The normalized spacial score (nSPS) is 12.3. The number of hydrogen-bond acceptors (Lipinski definition) is 3. The average Bonchev–Trinajstić information content (AvgIpc) is 3.00. The highest BCUT2D eigenvalue weighted by molar-refractivity contribution is 5.94. The molecule has 0 saturated heterocycles. The summed E-state index contributed by atoms with van der Waals surface area (Å²) < 4.78 is 1.70. The SMILES string of the molecule is CCc1ccc(NC(=O)C(CC)n2nnc3ccccc32)cc1. The average molecular weight is 308 g/mol. The molecule has 1 amide bonds. The molecule has 0 aliphatic rings. The summed E-state index contributed by atoms with van der Waals surface area (Å²) in [5.41, 5.74) is 3.72. The number of carbonyl (C=O) groups excluding carboxylic acids is 1. The third-order valence-electron chi connectivity index (χ3n) is 3.99. The Labute approximate surface area is 135 Å². The van der Waals surface area contributed by atoms with Crippen molar-refractivity contribution < 1.29 is 4.79 Å². The number of nitrogens with zero attached hydrogens (tertiary/aromatic N) is 3. The van der Waals surface area contributed by atoms with E-state index in [1.54, 1.807) is 4.68 Å². The Morgan fingerprint density at radius 2 is 1.87 bits per heavy atom. The lowest BCUT2D eigenvalue weighted by Crippen LogP contribution is -2.26. The van der Waals surface area contributed by atoms with Crippen LogP contribution in [0.2, 0.25) is 0 Å². The molecule has 1 atom stereocenters. The number of rotatable bonds is 5. The van der Waals surface area contributed by atoms with Crippen LogP contribution in [0.1, 0.15) is 31.9 Å². The van der Waals surface area contributed by atoms with Gasteiger partial charge in [-0.15, -0.1) is 5.10 Å². The summed E-state index contributed by atoms with van der Waals surface area (Å²) in [6.07, 6.45) is 1.63. The maximum atomic E-state index is 12.6. The van der Waals surface area contributed by atoms with E-state index in [4.69, 9.17) is 0 Å². The molecule has 1 N–H and O–H groups in total. The van der Waals surface area contributed by atoms with E-state index in [1.807, 2.05) is 55.5 Å². The number of aromatic nitrogens is 3. The van der Waals surface area contributed by atoms with Crippen LogP contribution in [0.15, 0.2) is 48.5 Å². The Kier molecular flexibility index (Phi) is 4.37.